The summed E-state index contributed by atoms with van der Waals surface area (Å²) in [5.41, 5.74) is 0.708. The van der Waals surface area contributed by atoms with Gasteiger partial charge in [0.2, 0.25) is 0 Å². The third-order valence-corrected chi connectivity index (χ3v) is 4.05. The Morgan fingerprint density at radius 1 is 1.29 bits per heavy atom. The van der Waals surface area contributed by atoms with Crippen molar-refractivity contribution in [3.05, 3.63) is 0 Å². The van der Waals surface area contributed by atoms with E-state index in [1.807, 2.05) is 0 Å². The molecule has 0 aromatic heterocycles. The van der Waals surface area contributed by atoms with Gasteiger partial charge in [-0.3, -0.25) is 0 Å². The van der Waals surface area contributed by atoms with E-state index in [1.54, 1.807) is 0 Å². The third kappa shape index (κ3) is 2.71. The zero-order valence-electron chi connectivity index (χ0n) is 9.44. The molecular weight excluding hydrogens is 172 g/mol. The standard InChI is InChI=1S/C12H24N2/c1-2-12(6-7-12)10-14-11-4-3-8-13-9-5-11/h11,13-14H,2-10H2,1H3. The first-order valence-corrected chi connectivity index (χ1v) is 6.29. The highest BCUT2D eigenvalue weighted by atomic mass is 15.0. The highest BCUT2D eigenvalue weighted by Crippen LogP contribution is 2.47. The van der Waals surface area contributed by atoms with Gasteiger partial charge in [0.25, 0.3) is 0 Å². The molecule has 1 unspecified atom stereocenters. The minimum atomic E-state index is 0.708. The summed E-state index contributed by atoms with van der Waals surface area (Å²) in [4.78, 5) is 0. The summed E-state index contributed by atoms with van der Waals surface area (Å²) in [5.74, 6) is 0. The molecule has 0 aromatic rings. The van der Waals surface area contributed by atoms with Crippen LogP contribution in [0, 0.1) is 5.41 Å². The van der Waals surface area contributed by atoms with Crippen molar-refractivity contribution in [3.63, 3.8) is 0 Å². The summed E-state index contributed by atoms with van der Waals surface area (Å²) < 4.78 is 0. The Balaban J connectivity index is 1.68. The normalized spacial score (nSPS) is 31.1. The second-order valence-corrected chi connectivity index (χ2v) is 5.11. The van der Waals surface area contributed by atoms with Crippen molar-refractivity contribution >= 4 is 0 Å². The van der Waals surface area contributed by atoms with Crippen LogP contribution in [0.3, 0.4) is 0 Å². The van der Waals surface area contributed by atoms with Crippen LogP contribution in [0.2, 0.25) is 0 Å². The van der Waals surface area contributed by atoms with Gasteiger partial charge in [-0.1, -0.05) is 6.92 Å². The zero-order valence-corrected chi connectivity index (χ0v) is 9.44. The minimum Gasteiger partial charge on any atom is -0.317 e. The van der Waals surface area contributed by atoms with E-state index in [2.05, 4.69) is 17.6 Å². The smallest absolute Gasteiger partial charge is 0.00798 e. The molecule has 2 nitrogen and oxygen atoms in total. The molecular formula is C12H24N2. The Hall–Kier alpha value is -0.0800. The van der Waals surface area contributed by atoms with Crippen LogP contribution in [-0.2, 0) is 0 Å². The molecule has 2 N–H and O–H groups in total. The fourth-order valence-electron chi connectivity index (χ4n) is 2.42. The molecule has 2 aliphatic rings. The molecule has 82 valence electrons. The van der Waals surface area contributed by atoms with Crippen LogP contribution in [-0.4, -0.2) is 25.7 Å². The Labute approximate surface area is 87.8 Å². The molecule has 1 aliphatic carbocycles. The summed E-state index contributed by atoms with van der Waals surface area (Å²) in [7, 11) is 0. The van der Waals surface area contributed by atoms with Gasteiger partial charge in [-0.25, -0.2) is 0 Å². The molecule has 1 atom stereocenters. The molecule has 1 saturated carbocycles. The Morgan fingerprint density at radius 2 is 2.14 bits per heavy atom. The molecule has 0 bridgehead atoms. The van der Waals surface area contributed by atoms with E-state index in [0.29, 0.717) is 5.41 Å². The van der Waals surface area contributed by atoms with Gasteiger partial charge in [0.1, 0.15) is 0 Å². The van der Waals surface area contributed by atoms with Gasteiger partial charge in [0, 0.05) is 12.6 Å². The fraction of sp³-hybridized carbons (Fsp3) is 1.00. The van der Waals surface area contributed by atoms with E-state index >= 15 is 0 Å². The van der Waals surface area contributed by atoms with Crippen LogP contribution >= 0.6 is 0 Å². The number of hydrogen-bond acceptors (Lipinski definition) is 2. The maximum absolute atomic E-state index is 3.78. The summed E-state index contributed by atoms with van der Waals surface area (Å²) in [6.45, 7) is 6.03. The first kappa shape index (κ1) is 10.4. The monoisotopic (exact) mass is 196 g/mol. The Bertz CT molecular complexity index is 167. The highest BCUT2D eigenvalue weighted by Gasteiger charge is 2.40. The molecule has 1 saturated heterocycles. The van der Waals surface area contributed by atoms with Gasteiger partial charge in [0.05, 0.1) is 0 Å². The molecule has 0 radical (unpaired) electrons. The predicted molar refractivity (Wildman–Crippen MR) is 60.5 cm³/mol. The largest absolute Gasteiger partial charge is 0.317 e. The van der Waals surface area contributed by atoms with Crippen molar-refractivity contribution in [2.75, 3.05) is 19.6 Å². The van der Waals surface area contributed by atoms with E-state index in [-0.39, 0.29) is 0 Å². The SMILES string of the molecule is CCC1(CNC2CCCNCC2)CC1. The molecule has 0 amide bonds. The first-order chi connectivity index (χ1) is 6.85. The van der Waals surface area contributed by atoms with Crippen molar-refractivity contribution in [2.45, 2.75) is 51.5 Å². The molecule has 0 spiro atoms. The van der Waals surface area contributed by atoms with E-state index in [0.717, 1.165) is 6.04 Å². The molecule has 2 fully saturated rings. The van der Waals surface area contributed by atoms with Crippen LogP contribution in [0.5, 0.6) is 0 Å². The first-order valence-electron chi connectivity index (χ1n) is 6.29. The number of nitrogens with one attached hydrogen (secondary N) is 2. The van der Waals surface area contributed by atoms with Gasteiger partial charge < -0.3 is 10.6 Å². The molecule has 14 heavy (non-hydrogen) atoms. The van der Waals surface area contributed by atoms with Crippen molar-refractivity contribution < 1.29 is 0 Å². The Kier molecular flexibility index (Phi) is 3.45. The van der Waals surface area contributed by atoms with Crippen molar-refractivity contribution in [1.29, 1.82) is 0 Å². The molecule has 0 aromatic carbocycles. The van der Waals surface area contributed by atoms with Gasteiger partial charge in [-0.2, -0.15) is 0 Å². The van der Waals surface area contributed by atoms with E-state index in [1.165, 1.54) is 58.2 Å². The minimum absolute atomic E-state index is 0.708. The summed E-state index contributed by atoms with van der Waals surface area (Å²) >= 11 is 0. The molecule has 2 rings (SSSR count). The van der Waals surface area contributed by atoms with Gasteiger partial charge in [0.15, 0.2) is 0 Å². The topological polar surface area (TPSA) is 24.1 Å². The van der Waals surface area contributed by atoms with Crippen LogP contribution in [0.15, 0.2) is 0 Å². The lowest BCUT2D eigenvalue weighted by molar-refractivity contribution is 0.382. The van der Waals surface area contributed by atoms with Crippen molar-refractivity contribution in [1.82, 2.24) is 10.6 Å². The number of rotatable bonds is 4. The average Bonchev–Trinajstić information content (AvgIpc) is 3.01. The van der Waals surface area contributed by atoms with Crippen molar-refractivity contribution in [3.8, 4) is 0 Å². The van der Waals surface area contributed by atoms with Gasteiger partial charge in [-0.05, 0) is 57.0 Å². The van der Waals surface area contributed by atoms with Gasteiger partial charge >= 0.3 is 0 Å². The predicted octanol–water partition coefficient (Wildman–Crippen LogP) is 1.91. The summed E-state index contributed by atoms with van der Waals surface area (Å²) in [6, 6.07) is 0.786. The second kappa shape index (κ2) is 4.63. The average molecular weight is 196 g/mol. The van der Waals surface area contributed by atoms with Crippen LogP contribution in [0.25, 0.3) is 0 Å². The fourth-order valence-corrected chi connectivity index (χ4v) is 2.42. The second-order valence-electron chi connectivity index (χ2n) is 5.11. The lowest BCUT2D eigenvalue weighted by Crippen LogP contribution is -2.34. The molecule has 1 heterocycles. The van der Waals surface area contributed by atoms with Gasteiger partial charge in [-0.15, -0.1) is 0 Å². The molecule has 1 aliphatic heterocycles. The van der Waals surface area contributed by atoms with Crippen LogP contribution < -0.4 is 10.6 Å². The number of hydrogen-bond donors (Lipinski definition) is 2. The lowest BCUT2D eigenvalue weighted by Gasteiger charge is -2.20. The maximum Gasteiger partial charge on any atom is 0.00798 e. The third-order valence-electron chi connectivity index (χ3n) is 4.05. The maximum atomic E-state index is 3.78. The van der Waals surface area contributed by atoms with Crippen LogP contribution in [0.1, 0.15) is 45.4 Å². The van der Waals surface area contributed by atoms with Crippen molar-refractivity contribution in [2.24, 2.45) is 5.41 Å². The summed E-state index contributed by atoms with van der Waals surface area (Å²) in [5, 5.41) is 7.24. The highest BCUT2D eigenvalue weighted by molar-refractivity contribution is 4.94. The quantitative estimate of drug-likeness (QED) is 0.717. The summed E-state index contributed by atoms with van der Waals surface area (Å²) in [6.07, 6.45) is 8.32. The van der Waals surface area contributed by atoms with E-state index in [4.69, 9.17) is 0 Å². The lowest BCUT2D eigenvalue weighted by atomic mass is 10.0. The van der Waals surface area contributed by atoms with E-state index in [9.17, 15) is 0 Å². The van der Waals surface area contributed by atoms with Crippen LogP contribution in [0.4, 0.5) is 0 Å². The van der Waals surface area contributed by atoms with E-state index < -0.39 is 0 Å². The zero-order chi connectivity index (χ0) is 9.86. The molecule has 2 heteroatoms. The Morgan fingerprint density at radius 3 is 2.86 bits per heavy atom.